The van der Waals surface area contributed by atoms with Crippen molar-refractivity contribution < 1.29 is 14.2 Å². The van der Waals surface area contributed by atoms with Crippen molar-refractivity contribution in [2.24, 2.45) is 0 Å². The smallest absolute Gasteiger partial charge is 0.127 e. The SMILES string of the molecule is CC(C)(c1ccc(Oc2ccc(N)cc2)cc1)c1ccc(Oc2ccc(N)cc2)cc1.Cc1cc(C)c(N)c(C)c1N.Nc1ccc(Oc2ccc(N)cc2)cc1. The first-order chi connectivity index (χ1) is 27.2. The lowest BCUT2D eigenvalue weighted by Gasteiger charge is -2.26. The van der Waals surface area contributed by atoms with Crippen LogP contribution in [0.25, 0.3) is 0 Å². The third kappa shape index (κ3) is 11.4. The number of hydrogen-bond donors (Lipinski definition) is 6. The Labute approximate surface area is 335 Å². The lowest BCUT2D eigenvalue weighted by atomic mass is 9.78. The zero-order valence-electron chi connectivity index (χ0n) is 33.1. The molecule has 0 aliphatic heterocycles. The highest BCUT2D eigenvalue weighted by Gasteiger charge is 2.23. The molecule has 7 aromatic rings. The minimum absolute atomic E-state index is 0.167. The molecule has 57 heavy (non-hydrogen) atoms. The zero-order valence-corrected chi connectivity index (χ0v) is 33.1. The van der Waals surface area contributed by atoms with E-state index in [9.17, 15) is 0 Å². The van der Waals surface area contributed by atoms with Gasteiger partial charge in [0.2, 0.25) is 0 Å². The third-order valence-corrected chi connectivity index (χ3v) is 9.47. The fourth-order valence-electron chi connectivity index (χ4n) is 5.81. The summed E-state index contributed by atoms with van der Waals surface area (Å²) in [6.45, 7) is 10.4. The molecule has 0 radical (unpaired) electrons. The summed E-state index contributed by atoms with van der Waals surface area (Å²) in [6, 6.07) is 47.6. The van der Waals surface area contributed by atoms with Gasteiger partial charge in [0.25, 0.3) is 0 Å². The first-order valence-corrected chi connectivity index (χ1v) is 18.5. The van der Waals surface area contributed by atoms with Gasteiger partial charge in [-0.1, -0.05) is 44.2 Å². The number of anilines is 6. The van der Waals surface area contributed by atoms with Crippen molar-refractivity contribution in [1.82, 2.24) is 0 Å². The predicted molar refractivity (Wildman–Crippen MR) is 238 cm³/mol. The van der Waals surface area contributed by atoms with Crippen LogP contribution in [0, 0.1) is 20.8 Å². The van der Waals surface area contributed by atoms with Gasteiger partial charge < -0.3 is 48.6 Å². The lowest BCUT2D eigenvalue weighted by molar-refractivity contribution is 0.481. The number of nitrogens with two attached hydrogens (primary N) is 6. The Balaban J connectivity index is 0.000000196. The second kappa shape index (κ2) is 18.4. The zero-order chi connectivity index (χ0) is 41.1. The minimum atomic E-state index is -0.167. The van der Waals surface area contributed by atoms with Crippen molar-refractivity contribution in [3.63, 3.8) is 0 Å². The molecule has 9 nitrogen and oxygen atoms in total. The van der Waals surface area contributed by atoms with Crippen LogP contribution in [0.4, 0.5) is 34.1 Å². The van der Waals surface area contributed by atoms with E-state index in [0.717, 1.165) is 73.9 Å². The van der Waals surface area contributed by atoms with Crippen molar-refractivity contribution in [3.05, 3.63) is 179 Å². The molecule has 0 aliphatic rings. The molecule has 0 amide bonds. The van der Waals surface area contributed by atoms with Gasteiger partial charge in [-0.05, 0) is 170 Å². The van der Waals surface area contributed by atoms with Gasteiger partial charge in [-0.25, -0.2) is 0 Å². The van der Waals surface area contributed by atoms with Crippen LogP contribution in [0.3, 0.4) is 0 Å². The Morgan fingerprint density at radius 3 is 0.772 bits per heavy atom. The molecule has 0 unspecified atom stereocenters. The number of rotatable bonds is 8. The third-order valence-electron chi connectivity index (χ3n) is 9.47. The highest BCUT2D eigenvalue weighted by Crippen LogP contribution is 2.35. The van der Waals surface area contributed by atoms with Crippen LogP contribution in [-0.4, -0.2) is 0 Å². The molecule has 0 spiro atoms. The van der Waals surface area contributed by atoms with Gasteiger partial charge in [-0.3, -0.25) is 0 Å². The Morgan fingerprint density at radius 1 is 0.333 bits per heavy atom. The second-order valence-electron chi connectivity index (χ2n) is 14.2. The Bertz CT molecular complexity index is 2180. The number of nitrogen functional groups attached to an aromatic ring is 6. The average molecular weight is 761 g/mol. The topological polar surface area (TPSA) is 184 Å². The average Bonchev–Trinajstić information content (AvgIpc) is 3.21. The van der Waals surface area contributed by atoms with E-state index in [1.54, 1.807) is 24.3 Å². The summed E-state index contributed by atoms with van der Waals surface area (Å²) < 4.78 is 17.4. The van der Waals surface area contributed by atoms with E-state index in [1.165, 1.54) is 11.1 Å². The first kappa shape index (κ1) is 40.9. The quantitative estimate of drug-likeness (QED) is 0.0820. The van der Waals surface area contributed by atoms with E-state index in [2.05, 4.69) is 38.1 Å². The summed E-state index contributed by atoms with van der Waals surface area (Å²) in [5.74, 6) is 4.62. The molecule has 0 heterocycles. The monoisotopic (exact) mass is 760 g/mol. The van der Waals surface area contributed by atoms with Gasteiger partial charge in [0, 0.05) is 39.5 Å². The fourth-order valence-corrected chi connectivity index (χ4v) is 5.81. The van der Waals surface area contributed by atoms with E-state index >= 15 is 0 Å². The molecule has 292 valence electrons. The molecule has 7 aromatic carbocycles. The number of benzene rings is 7. The maximum Gasteiger partial charge on any atom is 0.127 e. The standard InChI is InChI=1S/C27H26N2O2.C12H12N2O.C9H14N2/c1-27(2,19-3-11-23(12-4-19)30-25-15-7-21(28)8-16-25)20-5-13-24(14-6-20)31-26-17-9-22(29)10-18-26;13-9-1-5-11(6-2-9)15-12-7-3-10(14)4-8-12;1-5-4-6(2)9(11)7(3)8(5)10/h3-18H,28-29H2,1-2H3;1-8H,13-14H2;4H,10-11H2,1-3H3. The summed E-state index contributed by atoms with van der Waals surface area (Å²) >= 11 is 0. The lowest BCUT2D eigenvalue weighted by Crippen LogP contribution is -2.18. The van der Waals surface area contributed by atoms with Crippen LogP contribution >= 0.6 is 0 Å². The van der Waals surface area contributed by atoms with Gasteiger partial charge in [-0.2, -0.15) is 0 Å². The molecule has 0 bridgehead atoms. The molecule has 0 saturated carbocycles. The number of ether oxygens (including phenoxy) is 3. The minimum Gasteiger partial charge on any atom is -0.457 e. The van der Waals surface area contributed by atoms with Crippen LogP contribution < -0.4 is 48.6 Å². The summed E-state index contributed by atoms with van der Waals surface area (Å²) in [4.78, 5) is 0. The van der Waals surface area contributed by atoms with Crippen LogP contribution in [-0.2, 0) is 5.41 Å². The molecule has 0 aliphatic carbocycles. The van der Waals surface area contributed by atoms with Gasteiger partial charge >= 0.3 is 0 Å². The number of hydrogen-bond acceptors (Lipinski definition) is 9. The Hall–Kier alpha value is -7.26. The predicted octanol–water partition coefficient (Wildman–Crippen LogP) is 11.2. The van der Waals surface area contributed by atoms with Gasteiger partial charge in [-0.15, -0.1) is 0 Å². The highest BCUT2D eigenvalue weighted by atomic mass is 16.5. The van der Waals surface area contributed by atoms with E-state index in [1.807, 2.05) is 124 Å². The summed E-state index contributed by atoms with van der Waals surface area (Å²) in [5.41, 5.74) is 44.1. The fraction of sp³-hybridized carbons (Fsp3) is 0.125. The molecule has 7 rings (SSSR count). The van der Waals surface area contributed by atoms with Gasteiger partial charge in [0.05, 0.1) is 0 Å². The van der Waals surface area contributed by atoms with Crippen molar-refractivity contribution >= 4 is 34.1 Å². The van der Waals surface area contributed by atoms with Crippen LogP contribution in [0.2, 0.25) is 0 Å². The molecule has 12 N–H and O–H groups in total. The van der Waals surface area contributed by atoms with E-state index in [4.69, 9.17) is 48.6 Å². The van der Waals surface area contributed by atoms with Crippen molar-refractivity contribution in [2.75, 3.05) is 34.4 Å². The van der Waals surface area contributed by atoms with Gasteiger partial charge in [0.1, 0.15) is 34.5 Å². The molecule has 0 saturated heterocycles. The molecule has 9 heteroatoms. The van der Waals surface area contributed by atoms with Crippen molar-refractivity contribution in [3.8, 4) is 34.5 Å². The molecular formula is C48H52N6O3. The normalized spacial score (nSPS) is 10.6. The summed E-state index contributed by atoms with van der Waals surface area (Å²) in [5, 5.41) is 0. The van der Waals surface area contributed by atoms with E-state index < -0.39 is 0 Å². The molecular weight excluding hydrogens is 709 g/mol. The Morgan fingerprint density at radius 2 is 0.544 bits per heavy atom. The van der Waals surface area contributed by atoms with Crippen LogP contribution in [0.1, 0.15) is 41.7 Å². The first-order valence-electron chi connectivity index (χ1n) is 18.5. The van der Waals surface area contributed by atoms with Crippen LogP contribution in [0.5, 0.6) is 34.5 Å². The molecule has 0 atom stereocenters. The Kier molecular flexibility index (Phi) is 13.2. The second-order valence-corrected chi connectivity index (χ2v) is 14.2. The van der Waals surface area contributed by atoms with Gasteiger partial charge in [0.15, 0.2) is 0 Å². The van der Waals surface area contributed by atoms with Crippen molar-refractivity contribution in [1.29, 1.82) is 0 Å². The van der Waals surface area contributed by atoms with E-state index in [-0.39, 0.29) is 5.41 Å². The van der Waals surface area contributed by atoms with Crippen LogP contribution in [0.15, 0.2) is 152 Å². The summed E-state index contributed by atoms with van der Waals surface area (Å²) in [6.07, 6.45) is 0. The van der Waals surface area contributed by atoms with Crippen molar-refractivity contribution in [2.45, 2.75) is 40.0 Å². The molecule has 0 aromatic heterocycles. The molecule has 0 fully saturated rings. The number of aryl methyl sites for hydroxylation is 2. The maximum atomic E-state index is 5.91. The maximum absolute atomic E-state index is 5.91. The largest absolute Gasteiger partial charge is 0.457 e. The van der Waals surface area contributed by atoms with E-state index in [0.29, 0.717) is 11.4 Å². The highest BCUT2D eigenvalue weighted by molar-refractivity contribution is 5.67. The summed E-state index contributed by atoms with van der Waals surface area (Å²) in [7, 11) is 0.